The molecule has 3 rings (SSSR count). The van der Waals surface area contributed by atoms with Crippen molar-refractivity contribution in [1.29, 1.82) is 0 Å². The zero-order valence-corrected chi connectivity index (χ0v) is 11.4. The van der Waals surface area contributed by atoms with Crippen molar-refractivity contribution < 1.29 is 4.74 Å². The van der Waals surface area contributed by atoms with Gasteiger partial charge >= 0.3 is 0 Å². The van der Waals surface area contributed by atoms with E-state index in [2.05, 4.69) is 22.5 Å². The van der Waals surface area contributed by atoms with Crippen molar-refractivity contribution in [2.75, 3.05) is 5.73 Å². The standard InChI is InChI=1S/C16H17N3O/c1-2-19-15-9-4-3-8-14(15)18-16(19)11-20-13-7-5-6-12(17)10-13/h3-10H,2,11,17H2,1H3. The number of imidazole rings is 1. The van der Waals surface area contributed by atoms with E-state index in [4.69, 9.17) is 10.5 Å². The van der Waals surface area contributed by atoms with Crippen LogP contribution >= 0.6 is 0 Å². The Morgan fingerprint density at radius 1 is 1.15 bits per heavy atom. The predicted octanol–water partition coefficient (Wildman–Crippen LogP) is 3.22. The number of fused-ring (bicyclic) bond motifs is 1. The summed E-state index contributed by atoms with van der Waals surface area (Å²) in [7, 11) is 0. The van der Waals surface area contributed by atoms with Crippen molar-refractivity contribution in [2.45, 2.75) is 20.1 Å². The number of aryl methyl sites for hydroxylation is 1. The van der Waals surface area contributed by atoms with Gasteiger partial charge in [0.05, 0.1) is 11.0 Å². The molecule has 0 spiro atoms. The predicted molar refractivity (Wildman–Crippen MR) is 80.6 cm³/mol. The van der Waals surface area contributed by atoms with Gasteiger partial charge in [-0.1, -0.05) is 18.2 Å². The molecule has 0 saturated heterocycles. The van der Waals surface area contributed by atoms with Gasteiger partial charge in [-0.05, 0) is 31.2 Å². The molecule has 0 atom stereocenters. The second-order valence-corrected chi connectivity index (χ2v) is 4.62. The van der Waals surface area contributed by atoms with Crippen LogP contribution in [0.5, 0.6) is 5.75 Å². The van der Waals surface area contributed by atoms with Crippen LogP contribution in [0, 0.1) is 0 Å². The highest BCUT2D eigenvalue weighted by Gasteiger charge is 2.09. The number of anilines is 1. The first-order valence-corrected chi connectivity index (χ1v) is 6.70. The number of nitrogens with two attached hydrogens (primary N) is 1. The Morgan fingerprint density at radius 2 is 2.00 bits per heavy atom. The summed E-state index contributed by atoms with van der Waals surface area (Å²) < 4.78 is 7.95. The van der Waals surface area contributed by atoms with E-state index in [1.807, 2.05) is 42.5 Å². The maximum atomic E-state index is 5.78. The van der Waals surface area contributed by atoms with Crippen molar-refractivity contribution in [3.05, 3.63) is 54.4 Å². The highest BCUT2D eigenvalue weighted by Crippen LogP contribution is 2.19. The van der Waals surface area contributed by atoms with Crippen molar-refractivity contribution in [1.82, 2.24) is 9.55 Å². The van der Waals surface area contributed by atoms with E-state index in [0.29, 0.717) is 12.3 Å². The van der Waals surface area contributed by atoms with Crippen LogP contribution in [0.25, 0.3) is 11.0 Å². The Hall–Kier alpha value is -2.49. The highest BCUT2D eigenvalue weighted by molar-refractivity contribution is 5.75. The number of benzene rings is 2. The van der Waals surface area contributed by atoms with E-state index >= 15 is 0 Å². The molecule has 4 heteroatoms. The molecule has 4 nitrogen and oxygen atoms in total. The lowest BCUT2D eigenvalue weighted by Crippen LogP contribution is -2.06. The SMILES string of the molecule is CCn1c(COc2cccc(N)c2)nc2ccccc21. The van der Waals surface area contributed by atoms with Crippen LogP contribution in [0.15, 0.2) is 48.5 Å². The first kappa shape index (κ1) is 12.5. The van der Waals surface area contributed by atoms with Gasteiger partial charge in [0.2, 0.25) is 0 Å². The topological polar surface area (TPSA) is 53.1 Å². The number of hydrogen-bond donors (Lipinski definition) is 1. The van der Waals surface area contributed by atoms with E-state index in [1.54, 1.807) is 0 Å². The molecule has 2 aromatic carbocycles. The van der Waals surface area contributed by atoms with Crippen LogP contribution in [0.1, 0.15) is 12.7 Å². The normalized spacial score (nSPS) is 10.8. The second-order valence-electron chi connectivity index (χ2n) is 4.62. The molecule has 2 N–H and O–H groups in total. The van der Waals surface area contributed by atoms with Gasteiger partial charge in [-0.15, -0.1) is 0 Å². The molecule has 1 heterocycles. The molecule has 0 fully saturated rings. The molecule has 0 aliphatic rings. The smallest absolute Gasteiger partial charge is 0.147 e. The summed E-state index contributed by atoms with van der Waals surface area (Å²) in [6.07, 6.45) is 0. The summed E-state index contributed by atoms with van der Waals surface area (Å²) in [5.74, 6) is 1.69. The van der Waals surface area contributed by atoms with Crippen LogP contribution < -0.4 is 10.5 Å². The first-order chi connectivity index (χ1) is 9.78. The molecule has 20 heavy (non-hydrogen) atoms. The third kappa shape index (κ3) is 2.32. The largest absolute Gasteiger partial charge is 0.486 e. The lowest BCUT2D eigenvalue weighted by molar-refractivity contribution is 0.291. The summed E-state index contributed by atoms with van der Waals surface area (Å²) >= 11 is 0. The molecule has 0 radical (unpaired) electrons. The fourth-order valence-corrected chi connectivity index (χ4v) is 2.34. The molecular formula is C16H17N3O. The molecule has 0 unspecified atom stereocenters. The van der Waals surface area contributed by atoms with Gasteiger partial charge in [0.15, 0.2) is 0 Å². The number of para-hydroxylation sites is 2. The molecule has 102 valence electrons. The number of aromatic nitrogens is 2. The number of ether oxygens (including phenoxy) is 1. The van der Waals surface area contributed by atoms with Gasteiger partial charge in [-0.25, -0.2) is 4.98 Å². The van der Waals surface area contributed by atoms with Crippen molar-refractivity contribution in [3.8, 4) is 5.75 Å². The Kier molecular flexibility index (Phi) is 3.29. The fourth-order valence-electron chi connectivity index (χ4n) is 2.34. The van der Waals surface area contributed by atoms with E-state index in [9.17, 15) is 0 Å². The summed E-state index contributed by atoms with van der Waals surface area (Å²) in [5.41, 5.74) is 8.59. The zero-order valence-electron chi connectivity index (χ0n) is 11.4. The average molecular weight is 267 g/mol. The van der Waals surface area contributed by atoms with E-state index in [0.717, 1.165) is 29.2 Å². The minimum atomic E-state index is 0.436. The number of nitrogen functional groups attached to an aromatic ring is 1. The van der Waals surface area contributed by atoms with Crippen molar-refractivity contribution >= 4 is 16.7 Å². The first-order valence-electron chi connectivity index (χ1n) is 6.70. The summed E-state index contributed by atoms with van der Waals surface area (Å²) in [6.45, 7) is 3.42. The van der Waals surface area contributed by atoms with Crippen LogP contribution in [-0.4, -0.2) is 9.55 Å². The Bertz CT molecular complexity index is 733. The lowest BCUT2D eigenvalue weighted by Gasteiger charge is -2.08. The zero-order chi connectivity index (χ0) is 13.9. The maximum Gasteiger partial charge on any atom is 0.147 e. The molecular weight excluding hydrogens is 250 g/mol. The van der Waals surface area contributed by atoms with Gasteiger partial charge < -0.3 is 15.0 Å². The van der Waals surface area contributed by atoms with E-state index in [1.165, 1.54) is 0 Å². The molecule has 0 amide bonds. The maximum absolute atomic E-state index is 5.78. The quantitative estimate of drug-likeness (QED) is 0.738. The number of rotatable bonds is 4. The third-order valence-corrected chi connectivity index (χ3v) is 3.28. The summed E-state index contributed by atoms with van der Waals surface area (Å²) in [5, 5.41) is 0. The van der Waals surface area contributed by atoms with E-state index in [-0.39, 0.29) is 0 Å². The van der Waals surface area contributed by atoms with E-state index < -0.39 is 0 Å². The van der Waals surface area contributed by atoms with Crippen molar-refractivity contribution in [3.63, 3.8) is 0 Å². The van der Waals surface area contributed by atoms with Crippen LogP contribution in [0.3, 0.4) is 0 Å². The monoisotopic (exact) mass is 267 g/mol. The molecule has 0 aliphatic carbocycles. The Morgan fingerprint density at radius 3 is 2.80 bits per heavy atom. The third-order valence-electron chi connectivity index (χ3n) is 3.28. The number of hydrogen-bond acceptors (Lipinski definition) is 3. The minimum Gasteiger partial charge on any atom is -0.486 e. The molecule has 3 aromatic rings. The number of nitrogens with zero attached hydrogens (tertiary/aromatic N) is 2. The summed E-state index contributed by atoms with van der Waals surface area (Å²) in [4.78, 5) is 4.63. The Balaban J connectivity index is 1.87. The van der Waals surface area contributed by atoms with Crippen LogP contribution in [0.4, 0.5) is 5.69 Å². The highest BCUT2D eigenvalue weighted by atomic mass is 16.5. The average Bonchev–Trinajstić information content (AvgIpc) is 2.82. The molecule has 1 aromatic heterocycles. The molecule has 0 aliphatic heterocycles. The second kappa shape index (κ2) is 5.25. The fraction of sp³-hybridized carbons (Fsp3) is 0.188. The Labute approximate surface area is 117 Å². The van der Waals surface area contributed by atoms with Gasteiger partial charge in [0, 0.05) is 18.3 Å². The van der Waals surface area contributed by atoms with Crippen LogP contribution in [0.2, 0.25) is 0 Å². The van der Waals surface area contributed by atoms with Crippen LogP contribution in [-0.2, 0) is 13.2 Å². The van der Waals surface area contributed by atoms with Gasteiger partial charge in [-0.2, -0.15) is 0 Å². The van der Waals surface area contributed by atoms with Gasteiger partial charge in [-0.3, -0.25) is 0 Å². The van der Waals surface area contributed by atoms with Crippen molar-refractivity contribution in [2.24, 2.45) is 0 Å². The molecule has 0 saturated carbocycles. The minimum absolute atomic E-state index is 0.436. The van der Waals surface area contributed by atoms with Gasteiger partial charge in [0.1, 0.15) is 18.2 Å². The lowest BCUT2D eigenvalue weighted by atomic mass is 10.3. The summed E-state index contributed by atoms with van der Waals surface area (Å²) in [6, 6.07) is 15.6. The molecule has 0 bridgehead atoms. The van der Waals surface area contributed by atoms with Gasteiger partial charge in [0.25, 0.3) is 0 Å².